The van der Waals surface area contributed by atoms with Gasteiger partial charge >= 0.3 is 0 Å². The van der Waals surface area contributed by atoms with Crippen molar-refractivity contribution in [1.29, 1.82) is 0 Å². The van der Waals surface area contributed by atoms with E-state index in [2.05, 4.69) is 43.4 Å². The lowest BCUT2D eigenvalue weighted by Gasteiger charge is -2.10. The largest absolute Gasteiger partial charge is 0.460 e. The Morgan fingerprint density at radius 2 is 1.88 bits per heavy atom. The highest BCUT2D eigenvalue weighted by atomic mass is 16.3. The molecule has 0 saturated carbocycles. The van der Waals surface area contributed by atoms with Gasteiger partial charge in [0.25, 0.3) is 0 Å². The van der Waals surface area contributed by atoms with E-state index in [1.807, 2.05) is 19.2 Å². The first-order chi connectivity index (χ1) is 8.22. The molecule has 0 unspecified atom stereocenters. The molecule has 0 aliphatic carbocycles. The zero-order chi connectivity index (χ0) is 12.3. The van der Waals surface area contributed by atoms with Crippen LogP contribution in [-0.2, 0) is 6.54 Å². The molecule has 1 aromatic heterocycles. The minimum absolute atomic E-state index is 0.504. The Kier molecular flexibility index (Phi) is 3.64. The predicted octanol–water partition coefficient (Wildman–Crippen LogP) is 3.79. The van der Waals surface area contributed by atoms with Crippen molar-refractivity contribution in [2.45, 2.75) is 26.3 Å². The Hall–Kier alpha value is -1.54. The summed E-state index contributed by atoms with van der Waals surface area (Å²) in [7, 11) is 1.92. The van der Waals surface area contributed by atoms with Crippen molar-refractivity contribution in [2.75, 3.05) is 7.05 Å². The minimum Gasteiger partial charge on any atom is -0.460 e. The van der Waals surface area contributed by atoms with Crippen molar-refractivity contribution in [3.8, 4) is 11.3 Å². The predicted molar refractivity (Wildman–Crippen MR) is 71.0 cm³/mol. The smallest absolute Gasteiger partial charge is 0.134 e. The van der Waals surface area contributed by atoms with Crippen LogP contribution in [0.5, 0.6) is 0 Å². The van der Waals surface area contributed by atoms with Crippen LogP contribution in [-0.4, -0.2) is 7.05 Å². The number of benzene rings is 1. The maximum absolute atomic E-state index is 5.84. The van der Waals surface area contributed by atoms with Gasteiger partial charge in [0.2, 0.25) is 0 Å². The summed E-state index contributed by atoms with van der Waals surface area (Å²) < 4.78 is 5.84. The molecule has 2 aromatic rings. The number of hydrogen-bond donors (Lipinski definition) is 1. The molecule has 0 spiro atoms. The van der Waals surface area contributed by atoms with Crippen LogP contribution < -0.4 is 5.32 Å². The van der Waals surface area contributed by atoms with Crippen molar-refractivity contribution in [1.82, 2.24) is 5.32 Å². The van der Waals surface area contributed by atoms with E-state index in [4.69, 9.17) is 4.42 Å². The molecule has 90 valence electrons. The maximum atomic E-state index is 5.84. The molecular formula is C15H19NO. The van der Waals surface area contributed by atoms with Gasteiger partial charge in [-0.15, -0.1) is 0 Å². The zero-order valence-electron chi connectivity index (χ0n) is 10.7. The molecule has 0 aliphatic rings. The second-order valence-corrected chi connectivity index (χ2v) is 4.54. The highest BCUT2D eigenvalue weighted by Gasteiger charge is 2.11. The topological polar surface area (TPSA) is 25.2 Å². The summed E-state index contributed by atoms with van der Waals surface area (Å²) in [6, 6.07) is 12.5. The van der Waals surface area contributed by atoms with Gasteiger partial charge in [-0.2, -0.15) is 0 Å². The summed E-state index contributed by atoms with van der Waals surface area (Å²) in [6.07, 6.45) is 0. The quantitative estimate of drug-likeness (QED) is 0.863. The fourth-order valence-corrected chi connectivity index (χ4v) is 2.02. The molecular weight excluding hydrogens is 210 g/mol. The highest BCUT2D eigenvalue weighted by Crippen LogP contribution is 2.30. The van der Waals surface area contributed by atoms with Gasteiger partial charge in [0, 0.05) is 5.56 Å². The maximum Gasteiger partial charge on any atom is 0.134 e. The van der Waals surface area contributed by atoms with Crippen molar-refractivity contribution < 1.29 is 4.42 Å². The monoisotopic (exact) mass is 229 g/mol. The Balaban J connectivity index is 2.38. The fourth-order valence-electron chi connectivity index (χ4n) is 2.02. The Morgan fingerprint density at radius 3 is 2.59 bits per heavy atom. The van der Waals surface area contributed by atoms with Crippen LogP contribution in [0.15, 0.2) is 40.8 Å². The average Bonchev–Trinajstić information content (AvgIpc) is 2.78. The summed E-state index contributed by atoms with van der Waals surface area (Å²) in [5.41, 5.74) is 2.53. The second-order valence-electron chi connectivity index (χ2n) is 4.54. The van der Waals surface area contributed by atoms with Crippen LogP contribution in [0.1, 0.15) is 31.1 Å². The first-order valence-corrected chi connectivity index (χ1v) is 6.05. The molecule has 1 heterocycles. The van der Waals surface area contributed by atoms with Gasteiger partial charge in [0.05, 0.1) is 6.54 Å². The summed E-state index contributed by atoms with van der Waals surface area (Å²) in [5.74, 6) is 2.43. The van der Waals surface area contributed by atoms with Gasteiger partial charge in [-0.3, -0.25) is 0 Å². The van der Waals surface area contributed by atoms with Gasteiger partial charge in [0.15, 0.2) is 0 Å². The third-order valence-corrected chi connectivity index (χ3v) is 2.86. The highest BCUT2D eigenvalue weighted by molar-refractivity contribution is 5.63. The molecule has 17 heavy (non-hydrogen) atoms. The number of furan rings is 1. The van der Waals surface area contributed by atoms with E-state index >= 15 is 0 Å². The molecule has 2 rings (SSSR count). The van der Waals surface area contributed by atoms with Crippen LogP contribution in [0.25, 0.3) is 11.3 Å². The van der Waals surface area contributed by atoms with Crippen molar-refractivity contribution in [3.63, 3.8) is 0 Å². The van der Waals surface area contributed by atoms with Gasteiger partial charge in [-0.1, -0.05) is 38.1 Å². The lowest BCUT2D eigenvalue weighted by molar-refractivity contribution is 0.506. The molecule has 0 saturated heterocycles. The molecule has 2 heteroatoms. The average molecular weight is 229 g/mol. The number of hydrogen-bond acceptors (Lipinski definition) is 2. The van der Waals surface area contributed by atoms with Gasteiger partial charge in [-0.05, 0) is 30.7 Å². The summed E-state index contributed by atoms with van der Waals surface area (Å²) in [6.45, 7) is 5.18. The van der Waals surface area contributed by atoms with Crippen LogP contribution in [0.3, 0.4) is 0 Å². The first kappa shape index (κ1) is 11.9. The third kappa shape index (κ3) is 2.59. The minimum atomic E-state index is 0.504. The van der Waals surface area contributed by atoms with E-state index in [1.54, 1.807) is 0 Å². The van der Waals surface area contributed by atoms with E-state index in [9.17, 15) is 0 Å². The Labute approximate surface area is 103 Å². The lowest BCUT2D eigenvalue weighted by atomic mass is 9.96. The molecule has 1 aromatic carbocycles. The zero-order valence-corrected chi connectivity index (χ0v) is 10.7. The van der Waals surface area contributed by atoms with Crippen LogP contribution in [0.4, 0.5) is 0 Å². The molecule has 1 N–H and O–H groups in total. The van der Waals surface area contributed by atoms with E-state index in [-0.39, 0.29) is 0 Å². The molecule has 2 nitrogen and oxygen atoms in total. The van der Waals surface area contributed by atoms with Crippen LogP contribution >= 0.6 is 0 Å². The Morgan fingerprint density at radius 1 is 1.12 bits per heavy atom. The Bertz CT molecular complexity index is 485. The fraction of sp³-hybridized carbons (Fsp3) is 0.333. The summed E-state index contributed by atoms with van der Waals surface area (Å²) >= 11 is 0. The first-order valence-electron chi connectivity index (χ1n) is 6.05. The van der Waals surface area contributed by atoms with Crippen molar-refractivity contribution in [3.05, 3.63) is 47.7 Å². The number of nitrogens with one attached hydrogen (secondary N) is 1. The van der Waals surface area contributed by atoms with E-state index in [0.717, 1.165) is 18.1 Å². The van der Waals surface area contributed by atoms with Crippen molar-refractivity contribution in [2.24, 2.45) is 0 Å². The summed E-state index contributed by atoms with van der Waals surface area (Å²) in [4.78, 5) is 0. The molecule has 0 radical (unpaired) electrons. The third-order valence-electron chi connectivity index (χ3n) is 2.86. The van der Waals surface area contributed by atoms with Crippen LogP contribution in [0, 0.1) is 0 Å². The van der Waals surface area contributed by atoms with Crippen LogP contribution in [0.2, 0.25) is 0 Å². The molecule has 0 amide bonds. The standard InChI is InChI=1S/C15H19NO/c1-11(2)13-6-4-5-7-14(13)15-9-8-12(17-15)10-16-3/h4-9,11,16H,10H2,1-3H3. The SMILES string of the molecule is CNCc1ccc(-c2ccccc2C(C)C)o1. The molecule has 0 atom stereocenters. The van der Waals surface area contributed by atoms with E-state index < -0.39 is 0 Å². The normalized spacial score (nSPS) is 11.1. The van der Waals surface area contributed by atoms with Gasteiger partial charge in [0.1, 0.15) is 11.5 Å². The van der Waals surface area contributed by atoms with Gasteiger partial charge in [-0.25, -0.2) is 0 Å². The number of rotatable bonds is 4. The molecule has 0 aliphatic heterocycles. The molecule has 0 bridgehead atoms. The van der Waals surface area contributed by atoms with Gasteiger partial charge < -0.3 is 9.73 Å². The van der Waals surface area contributed by atoms with E-state index in [0.29, 0.717) is 5.92 Å². The summed E-state index contributed by atoms with van der Waals surface area (Å²) in [5, 5.41) is 3.09. The lowest BCUT2D eigenvalue weighted by Crippen LogP contribution is -2.03. The molecule has 0 fully saturated rings. The van der Waals surface area contributed by atoms with Crippen molar-refractivity contribution >= 4 is 0 Å². The second kappa shape index (κ2) is 5.19. The van der Waals surface area contributed by atoms with E-state index in [1.165, 1.54) is 11.1 Å².